The molecule has 0 radical (unpaired) electrons. The van der Waals surface area contributed by atoms with Gasteiger partial charge in [0, 0.05) is 0 Å². The van der Waals surface area contributed by atoms with E-state index in [2.05, 4.69) is 6.07 Å². The van der Waals surface area contributed by atoms with Gasteiger partial charge < -0.3 is 4.74 Å². The molecular formula is C15H13FO. The lowest BCUT2D eigenvalue weighted by molar-refractivity contribution is 0.176. The van der Waals surface area contributed by atoms with Crippen LogP contribution in [-0.4, -0.2) is 0 Å². The Morgan fingerprint density at radius 3 is 2.59 bits per heavy atom. The van der Waals surface area contributed by atoms with Gasteiger partial charge in [0.15, 0.2) is 0 Å². The summed E-state index contributed by atoms with van der Waals surface area (Å²) in [5.74, 6) is 0.748. The predicted octanol–water partition coefficient (Wildman–Crippen LogP) is 3.89. The lowest BCUT2D eigenvalue weighted by Gasteiger charge is -2.26. The normalized spacial score (nSPS) is 18.3. The van der Waals surface area contributed by atoms with Crippen LogP contribution in [0, 0.1) is 5.82 Å². The first-order chi connectivity index (χ1) is 8.33. The summed E-state index contributed by atoms with van der Waals surface area (Å²) in [4.78, 5) is 0. The van der Waals surface area contributed by atoms with Crippen molar-refractivity contribution in [1.82, 2.24) is 0 Å². The van der Waals surface area contributed by atoms with Crippen LogP contribution in [0.25, 0.3) is 0 Å². The molecule has 0 aromatic heterocycles. The fourth-order valence-electron chi connectivity index (χ4n) is 2.24. The van der Waals surface area contributed by atoms with E-state index in [-0.39, 0.29) is 11.9 Å². The second-order valence-electron chi connectivity index (χ2n) is 4.30. The molecule has 1 aliphatic rings. The van der Waals surface area contributed by atoms with Gasteiger partial charge in [0.25, 0.3) is 0 Å². The lowest BCUT2D eigenvalue weighted by atomic mass is 9.97. The molecule has 2 aromatic carbocycles. The fraction of sp³-hybridized carbons (Fsp3) is 0.200. The summed E-state index contributed by atoms with van der Waals surface area (Å²) >= 11 is 0. The van der Waals surface area contributed by atoms with E-state index in [1.165, 1.54) is 17.7 Å². The van der Waals surface area contributed by atoms with E-state index in [0.717, 1.165) is 24.2 Å². The Bertz CT molecular complexity index is 519. The van der Waals surface area contributed by atoms with Crippen molar-refractivity contribution in [3.05, 3.63) is 65.5 Å². The molecule has 1 atom stereocenters. The molecule has 0 saturated carbocycles. The van der Waals surface area contributed by atoms with Crippen molar-refractivity contribution >= 4 is 0 Å². The average Bonchev–Trinajstić information content (AvgIpc) is 2.39. The number of rotatable bonds is 1. The van der Waals surface area contributed by atoms with Gasteiger partial charge in [-0.25, -0.2) is 4.39 Å². The molecule has 1 aliphatic heterocycles. The van der Waals surface area contributed by atoms with Gasteiger partial charge in [0.2, 0.25) is 0 Å². The maximum Gasteiger partial charge on any atom is 0.124 e. The number of benzene rings is 2. The van der Waals surface area contributed by atoms with E-state index >= 15 is 0 Å². The maximum atomic E-state index is 12.9. The van der Waals surface area contributed by atoms with Crippen LogP contribution in [0.2, 0.25) is 0 Å². The molecule has 0 amide bonds. The number of fused-ring (bicyclic) bond motifs is 1. The van der Waals surface area contributed by atoms with Gasteiger partial charge in [-0.15, -0.1) is 0 Å². The van der Waals surface area contributed by atoms with Gasteiger partial charge in [-0.1, -0.05) is 30.3 Å². The first-order valence-electron chi connectivity index (χ1n) is 5.83. The molecule has 2 aromatic rings. The van der Waals surface area contributed by atoms with Crippen LogP contribution >= 0.6 is 0 Å². The average molecular weight is 228 g/mol. The Morgan fingerprint density at radius 1 is 1.00 bits per heavy atom. The van der Waals surface area contributed by atoms with E-state index in [1.54, 1.807) is 12.1 Å². The summed E-state index contributed by atoms with van der Waals surface area (Å²) < 4.78 is 18.8. The SMILES string of the molecule is Fc1ccc(C2CCc3ccccc3O2)cc1. The summed E-state index contributed by atoms with van der Waals surface area (Å²) in [6.07, 6.45) is 2.01. The van der Waals surface area contributed by atoms with E-state index in [0.29, 0.717) is 0 Å². The molecule has 0 spiro atoms. The number of hydrogen-bond donors (Lipinski definition) is 0. The third-order valence-electron chi connectivity index (χ3n) is 3.16. The zero-order chi connectivity index (χ0) is 11.7. The summed E-state index contributed by atoms with van der Waals surface area (Å²) in [5, 5.41) is 0. The van der Waals surface area contributed by atoms with Crippen molar-refractivity contribution in [3.8, 4) is 5.75 Å². The largest absolute Gasteiger partial charge is 0.485 e. The molecule has 1 unspecified atom stereocenters. The van der Waals surface area contributed by atoms with Gasteiger partial charge in [0.1, 0.15) is 17.7 Å². The van der Waals surface area contributed by atoms with Crippen molar-refractivity contribution in [2.75, 3.05) is 0 Å². The van der Waals surface area contributed by atoms with Crippen molar-refractivity contribution < 1.29 is 9.13 Å². The number of aryl methyl sites for hydroxylation is 1. The lowest BCUT2D eigenvalue weighted by Crippen LogP contribution is -2.14. The van der Waals surface area contributed by atoms with Crippen molar-refractivity contribution in [3.63, 3.8) is 0 Å². The minimum absolute atomic E-state index is 0.0468. The third kappa shape index (κ3) is 2.03. The summed E-state index contributed by atoms with van der Waals surface area (Å²) in [6, 6.07) is 14.7. The zero-order valence-corrected chi connectivity index (χ0v) is 9.40. The Hall–Kier alpha value is -1.83. The monoisotopic (exact) mass is 228 g/mol. The Labute approximate surface area is 99.9 Å². The van der Waals surface area contributed by atoms with Gasteiger partial charge in [-0.05, 0) is 42.2 Å². The highest BCUT2D eigenvalue weighted by Gasteiger charge is 2.20. The fourth-order valence-corrected chi connectivity index (χ4v) is 2.24. The van der Waals surface area contributed by atoms with E-state index < -0.39 is 0 Å². The maximum absolute atomic E-state index is 12.9. The van der Waals surface area contributed by atoms with E-state index in [9.17, 15) is 4.39 Å². The number of hydrogen-bond acceptors (Lipinski definition) is 1. The van der Waals surface area contributed by atoms with Crippen molar-refractivity contribution in [2.45, 2.75) is 18.9 Å². The molecular weight excluding hydrogens is 215 g/mol. The standard InChI is InChI=1S/C15H13FO/c16-13-8-5-12(6-9-13)15-10-7-11-3-1-2-4-14(11)17-15/h1-6,8-9,15H,7,10H2. The second-order valence-corrected chi connectivity index (χ2v) is 4.30. The Morgan fingerprint density at radius 2 is 1.76 bits per heavy atom. The van der Waals surface area contributed by atoms with E-state index in [4.69, 9.17) is 4.74 Å². The van der Waals surface area contributed by atoms with E-state index in [1.807, 2.05) is 18.2 Å². The van der Waals surface area contributed by atoms with Gasteiger partial charge in [0.05, 0.1) is 0 Å². The predicted molar refractivity (Wildman–Crippen MR) is 64.5 cm³/mol. The molecule has 2 heteroatoms. The first kappa shape index (κ1) is 10.3. The van der Waals surface area contributed by atoms with Crippen LogP contribution in [0.15, 0.2) is 48.5 Å². The quantitative estimate of drug-likeness (QED) is 0.719. The number of ether oxygens (including phenoxy) is 1. The molecule has 0 aliphatic carbocycles. The molecule has 0 saturated heterocycles. The van der Waals surface area contributed by atoms with Gasteiger partial charge >= 0.3 is 0 Å². The van der Waals surface area contributed by atoms with Crippen LogP contribution in [0.3, 0.4) is 0 Å². The topological polar surface area (TPSA) is 9.23 Å². The smallest absolute Gasteiger partial charge is 0.124 e. The molecule has 0 bridgehead atoms. The van der Waals surface area contributed by atoms with Crippen LogP contribution in [0.4, 0.5) is 4.39 Å². The second kappa shape index (κ2) is 4.21. The number of halogens is 1. The van der Waals surface area contributed by atoms with Crippen molar-refractivity contribution in [2.24, 2.45) is 0 Å². The molecule has 1 nitrogen and oxygen atoms in total. The Kier molecular flexibility index (Phi) is 2.56. The molecule has 1 heterocycles. The van der Waals surface area contributed by atoms with Crippen LogP contribution < -0.4 is 4.74 Å². The van der Waals surface area contributed by atoms with Crippen LogP contribution in [0.1, 0.15) is 23.7 Å². The minimum atomic E-state index is -0.204. The highest BCUT2D eigenvalue weighted by Crippen LogP contribution is 2.34. The first-order valence-corrected chi connectivity index (χ1v) is 5.83. The Balaban J connectivity index is 1.86. The molecule has 0 fully saturated rings. The molecule has 0 N–H and O–H groups in total. The number of para-hydroxylation sites is 1. The van der Waals surface area contributed by atoms with Crippen LogP contribution in [0.5, 0.6) is 5.75 Å². The highest BCUT2D eigenvalue weighted by atomic mass is 19.1. The van der Waals surface area contributed by atoms with Crippen molar-refractivity contribution in [1.29, 1.82) is 0 Å². The van der Waals surface area contributed by atoms with Gasteiger partial charge in [-0.2, -0.15) is 0 Å². The molecule has 86 valence electrons. The summed E-state index contributed by atoms with van der Waals surface area (Å²) in [7, 11) is 0. The molecule has 3 rings (SSSR count). The molecule has 17 heavy (non-hydrogen) atoms. The minimum Gasteiger partial charge on any atom is -0.485 e. The third-order valence-corrected chi connectivity index (χ3v) is 3.16. The zero-order valence-electron chi connectivity index (χ0n) is 9.40. The highest BCUT2D eigenvalue weighted by molar-refractivity contribution is 5.36. The summed E-state index contributed by atoms with van der Waals surface area (Å²) in [6.45, 7) is 0. The summed E-state index contributed by atoms with van der Waals surface area (Å²) in [5.41, 5.74) is 2.30. The van der Waals surface area contributed by atoms with Gasteiger partial charge in [-0.3, -0.25) is 0 Å². The van der Waals surface area contributed by atoms with Crippen LogP contribution in [-0.2, 0) is 6.42 Å².